The van der Waals surface area contributed by atoms with E-state index in [4.69, 9.17) is 11.6 Å². The summed E-state index contributed by atoms with van der Waals surface area (Å²) in [4.78, 5) is 25.5. The summed E-state index contributed by atoms with van der Waals surface area (Å²) in [6.07, 6.45) is 1.17. The van der Waals surface area contributed by atoms with E-state index in [2.05, 4.69) is 15.5 Å². The number of halogens is 1. The van der Waals surface area contributed by atoms with E-state index < -0.39 is 0 Å². The van der Waals surface area contributed by atoms with E-state index in [1.165, 1.54) is 0 Å². The van der Waals surface area contributed by atoms with Gasteiger partial charge < -0.3 is 15.5 Å². The summed E-state index contributed by atoms with van der Waals surface area (Å²) in [6.45, 7) is 1.88. The van der Waals surface area contributed by atoms with Gasteiger partial charge in [-0.1, -0.05) is 23.7 Å². The maximum Gasteiger partial charge on any atom is 0.252 e. The summed E-state index contributed by atoms with van der Waals surface area (Å²) >= 11 is 5.93. The van der Waals surface area contributed by atoms with Crippen LogP contribution in [0.5, 0.6) is 0 Å². The lowest BCUT2D eigenvalue weighted by Crippen LogP contribution is -2.32. The average molecular weight is 312 g/mol. The lowest BCUT2D eigenvalue weighted by molar-refractivity contribution is -0.120. The van der Waals surface area contributed by atoms with E-state index in [0.717, 1.165) is 13.0 Å². The molecule has 0 aliphatic carbocycles. The lowest BCUT2D eigenvalue weighted by Gasteiger charge is -2.10. The van der Waals surface area contributed by atoms with Crippen LogP contribution in [-0.4, -0.2) is 50.4 Å². The monoisotopic (exact) mass is 311 g/mol. The quantitative estimate of drug-likeness (QED) is 0.716. The smallest absolute Gasteiger partial charge is 0.252 e. The van der Waals surface area contributed by atoms with Crippen molar-refractivity contribution in [1.29, 1.82) is 0 Å². The van der Waals surface area contributed by atoms with Gasteiger partial charge in [-0.2, -0.15) is 0 Å². The standard InChI is InChI=1S/C15H22ClN3O2/c1-19(2)11-5-9-17-14(20)8-10-18-15(21)12-6-3-4-7-13(12)16/h3-4,6-7H,5,8-11H2,1-2H3,(H,17,20)(H,18,21). The zero-order valence-corrected chi connectivity index (χ0v) is 13.2. The minimum Gasteiger partial charge on any atom is -0.356 e. The second-order valence-corrected chi connectivity index (χ2v) is 5.40. The summed E-state index contributed by atoms with van der Waals surface area (Å²) in [5, 5.41) is 5.91. The fourth-order valence-electron chi connectivity index (χ4n) is 1.74. The molecule has 0 radical (unpaired) electrons. The van der Waals surface area contributed by atoms with Crippen molar-refractivity contribution in [3.05, 3.63) is 34.9 Å². The van der Waals surface area contributed by atoms with Gasteiger partial charge in [-0.25, -0.2) is 0 Å². The molecule has 1 aromatic carbocycles. The summed E-state index contributed by atoms with van der Waals surface area (Å²) in [5.74, 6) is -0.325. The van der Waals surface area contributed by atoms with Gasteiger partial charge in [0.15, 0.2) is 0 Å². The Morgan fingerprint density at radius 2 is 1.86 bits per heavy atom. The molecule has 0 aliphatic rings. The third-order valence-electron chi connectivity index (χ3n) is 2.86. The predicted octanol–water partition coefficient (Wildman–Crippen LogP) is 1.53. The largest absolute Gasteiger partial charge is 0.356 e. The highest BCUT2D eigenvalue weighted by molar-refractivity contribution is 6.33. The van der Waals surface area contributed by atoms with Crippen molar-refractivity contribution in [1.82, 2.24) is 15.5 Å². The lowest BCUT2D eigenvalue weighted by atomic mass is 10.2. The number of rotatable bonds is 8. The summed E-state index contributed by atoms with van der Waals surface area (Å²) in [5.41, 5.74) is 0.422. The Bertz CT molecular complexity index is 478. The molecule has 116 valence electrons. The second-order valence-electron chi connectivity index (χ2n) is 4.99. The molecular weight excluding hydrogens is 290 g/mol. The van der Waals surface area contributed by atoms with Crippen LogP contribution in [0, 0.1) is 0 Å². The number of carbonyl (C=O) groups excluding carboxylic acids is 2. The van der Waals surface area contributed by atoms with E-state index in [1.807, 2.05) is 14.1 Å². The minimum atomic E-state index is -0.263. The van der Waals surface area contributed by atoms with Crippen LogP contribution in [0.3, 0.4) is 0 Å². The van der Waals surface area contributed by atoms with Gasteiger partial charge in [0.1, 0.15) is 0 Å². The molecule has 1 rings (SSSR count). The Kier molecular flexibility index (Phi) is 7.79. The first-order valence-electron chi connectivity index (χ1n) is 6.95. The second kappa shape index (κ2) is 9.37. The molecule has 5 nitrogen and oxygen atoms in total. The zero-order chi connectivity index (χ0) is 15.7. The SMILES string of the molecule is CN(C)CCCNC(=O)CCNC(=O)c1ccccc1Cl. The number of nitrogens with one attached hydrogen (secondary N) is 2. The highest BCUT2D eigenvalue weighted by Gasteiger charge is 2.09. The van der Waals surface area contributed by atoms with E-state index >= 15 is 0 Å². The Balaban J connectivity index is 2.20. The molecule has 0 heterocycles. The highest BCUT2D eigenvalue weighted by Crippen LogP contribution is 2.14. The van der Waals surface area contributed by atoms with Crippen LogP contribution < -0.4 is 10.6 Å². The minimum absolute atomic E-state index is 0.0618. The molecule has 2 N–H and O–H groups in total. The number of carbonyl (C=O) groups is 2. The van der Waals surface area contributed by atoms with Crippen LogP contribution in [0.1, 0.15) is 23.2 Å². The first kappa shape index (κ1) is 17.5. The third kappa shape index (κ3) is 7.11. The number of benzene rings is 1. The first-order chi connectivity index (χ1) is 10.0. The van der Waals surface area contributed by atoms with Crippen LogP contribution in [-0.2, 0) is 4.79 Å². The highest BCUT2D eigenvalue weighted by atomic mass is 35.5. The average Bonchev–Trinajstić information content (AvgIpc) is 2.43. The Labute approximate surface area is 130 Å². The van der Waals surface area contributed by atoms with Crippen molar-refractivity contribution in [3.8, 4) is 0 Å². The third-order valence-corrected chi connectivity index (χ3v) is 3.19. The summed E-state index contributed by atoms with van der Waals surface area (Å²) in [6, 6.07) is 6.82. The van der Waals surface area contributed by atoms with Crippen molar-refractivity contribution in [2.45, 2.75) is 12.8 Å². The molecule has 0 atom stereocenters. The number of amides is 2. The summed E-state index contributed by atoms with van der Waals surface area (Å²) in [7, 11) is 3.98. The molecule has 0 saturated carbocycles. The van der Waals surface area contributed by atoms with E-state index in [-0.39, 0.29) is 18.2 Å². The van der Waals surface area contributed by atoms with Gasteiger partial charge in [0.2, 0.25) is 5.91 Å². The Morgan fingerprint density at radius 1 is 1.14 bits per heavy atom. The van der Waals surface area contributed by atoms with Gasteiger partial charge in [-0.05, 0) is 39.2 Å². The maximum absolute atomic E-state index is 11.8. The van der Waals surface area contributed by atoms with Gasteiger partial charge in [0.25, 0.3) is 5.91 Å². The Morgan fingerprint density at radius 3 is 2.52 bits per heavy atom. The number of hydrogen-bond donors (Lipinski definition) is 2. The normalized spacial score (nSPS) is 10.5. The first-order valence-corrected chi connectivity index (χ1v) is 7.32. The van der Waals surface area contributed by atoms with Gasteiger partial charge >= 0.3 is 0 Å². The fraction of sp³-hybridized carbons (Fsp3) is 0.467. The van der Waals surface area contributed by atoms with E-state index in [1.54, 1.807) is 24.3 Å². The topological polar surface area (TPSA) is 61.4 Å². The molecule has 0 aliphatic heterocycles. The molecular formula is C15H22ClN3O2. The molecule has 0 saturated heterocycles. The molecule has 6 heteroatoms. The maximum atomic E-state index is 11.8. The molecule has 1 aromatic rings. The predicted molar refractivity (Wildman–Crippen MR) is 84.6 cm³/mol. The van der Waals surface area contributed by atoms with Crippen LogP contribution in [0.2, 0.25) is 5.02 Å². The Hall–Kier alpha value is -1.59. The molecule has 0 fully saturated rings. The van der Waals surface area contributed by atoms with Gasteiger partial charge in [0, 0.05) is 19.5 Å². The van der Waals surface area contributed by atoms with Crippen molar-refractivity contribution in [3.63, 3.8) is 0 Å². The van der Waals surface area contributed by atoms with Crippen molar-refractivity contribution < 1.29 is 9.59 Å². The number of hydrogen-bond acceptors (Lipinski definition) is 3. The van der Waals surface area contributed by atoms with Crippen molar-refractivity contribution in [2.75, 3.05) is 33.7 Å². The van der Waals surface area contributed by atoms with E-state index in [9.17, 15) is 9.59 Å². The zero-order valence-electron chi connectivity index (χ0n) is 12.5. The molecule has 0 unspecified atom stereocenters. The molecule has 0 aromatic heterocycles. The van der Waals surface area contributed by atoms with Crippen LogP contribution in [0.4, 0.5) is 0 Å². The molecule has 0 spiro atoms. The number of nitrogens with zero attached hydrogens (tertiary/aromatic N) is 1. The van der Waals surface area contributed by atoms with Crippen LogP contribution in [0.25, 0.3) is 0 Å². The summed E-state index contributed by atoms with van der Waals surface area (Å²) < 4.78 is 0. The van der Waals surface area contributed by atoms with Crippen LogP contribution >= 0.6 is 11.6 Å². The molecule has 0 bridgehead atoms. The van der Waals surface area contributed by atoms with Gasteiger partial charge in [-0.15, -0.1) is 0 Å². The van der Waals surface area contributed by atoms with Crippen LogP contribution in [0.15, 0.2) is 24.3 Å². The van der Waals surface area contributed by atoms with Gasteiger partial charge in [-0.3, -0.25) is 9.59 Å². The van der Waals surface area contributed by atoms with E-state index in [0.29, 0.717) is 23.7 Å². The molecule has 21 heavy (non-hydrogen) atoms. The van der Waals surface area contributed by atoms with Gasteiger partial charge in [0.05, 0.1) is 10.6 Å². The van der Waals surface area contributed by atoms with Crippen molar-refractivity contribution in [2.24, 2.45) is 0 Å². The fourth-order valence-corrected chi connectivity index (χ4v) is 1.96. The molecule has 2 amide bonds. The van der Waals surface area contributed by atoms with Crippen molar-refractivity contribution >= 4 is 23.4 Å².